The molecular formula is C46H52Cl2Zr. The Balaban J connectivity index is 0.00000180. The van der Waals surface area contributed by atoms with Gasteiger partial charge in [-0.15, -0.1) is 0 Å². The molecule has 4 aromatic rings. The molecule has 0 nitrogen and oxygen atoms in total. The molecule has 3 unspecified atom stereocenters. The average Bonchev–Trinajstić information content (AvgIpc) is 3.67. The van der Waals surface area contributed by atoms with E-state index >= 15 is 0 Å². The fourth-order valence-electron chi connectivity index (χ4n) is 9.06. The topological polar surface area (TPSA) is 0 Å². The van der Waals surface area contributed by atoms with E-state index in [1.54, 1.807) is 5.57 Å². The van der Waals surface area contributed by atoms with Gasteiger partial charge in [-0.05, 0) is 72.7 Å². The van der Waals surface area contributed by atoms with Crippen LogP contribution in [0.5, 0.6) is 0 Å². The monoisotopic (exact) mass is 764 g/mol. The maximum atomic E-state index is 2.68. The molecule has 3 aliphatic carbocycles. The van der Waals surface area contributed by atoms with Gasteiger partial charge in [0.15, 0.2) is 0 Å². The second-order valence-corrected chi connectivity index (χ2v) is 17.8. The predicted octanol–water partition coefficient (Wildman–Crippen LogP) is 6.23. The average molecular weight is 767 g/mol. The van der Waals surface area contributed by atoms with Crippen LogP contribution in [0, 0.1) is 11.3 Å². The molecule has 3 heteroatoms. The Labute approximate surface area is 328 Å². The Morgan fingerprint density at radius 3 is 1.45 bits per heavy atom. The van der Waals surface area contributed by atoms with Crippen LogP contribution in [0.15, 0.2) is 120 Å². The summed E-state index contributed by atoms with van der Waals surface area (Å²) in [6.45, 7) is 23.7. The number of benzene rings is 4. The van der Waals surface area contributed by atoms with E-state index in [2.05, 4.69) is 178 Å². The summed E-state index contributed by atoms with van der Waals surface area (Å²) in [7, 11) is 0. The molecule has 3 aliphatic rings. The van der Waals surface area contributed by atoms with Crippen LogP contribution < -0.4 is 24.8 Å². The second kappa shape index (κ2) is 13.4. The van der Waals surface area contributed by atoms with Crippen LogP contribution in [-0.4, -0.2) is 0 Å². The molecule has 0 amide bonds. The van der Waals surface area contributed by atoms with E-state index in [0.29, 0.717) is 5.92 Å². The predicted molar refractivity (Wildman–Crippen MR) is 197 cm³/mol. The molecule has 0 saturated heterocycles. The van der Waals surface area contributed by atoms with E-state index in [1.807, 2.05) is 0 Å². The van der Waals surface area contributed by atoms with E-state index in [4.69, 9.17) is 0 Å². The van der Waals surface area contributed by atoms with Gasteiger partial charge >= 0.3 is 26.2 Å². The van der Waals surface area contributed by atoms with Crippen LogP contribution in [0.25, 0.3) is 11.1 Å². The third-order valence-corrected chi connectivity index (χ3v) is 11.7. The molecular weight excluding hydrogens is 715 g/mol. The van der Waals surface area contributed by atoms with Crippen LogP contribution in [0.3, 0.4) is 0 Å². The number of hydrogen-bond donors (Lipinski definition) is 0. The molecule has 0 bridgehead atoms. The maximum Gasteiger partial charge on any atom is 2.00 e. The van der Waals surface area contributed by atoms with Gasteiger partial charge in [-0.3, -0.25) is 0 Å². The molecule has 0 heterocycles. The minimum atomic E-state index is -0.156. The van der Waals surface area contributed by atoms with Gasteiger partial charge in [-0.1, -0.05) is 184 Å². The van der Waals surface area contributed by atoms with Crippen molar-refractivity contribution in [3.8, 4) is 11.1 Å². The van der Waals surface area contributed by atoms with Crippen molar-refractivity contribution < 1.29 is 51.0 Å². The molecule has 0 aromatic heterocycles. The zero-order chi connectivity index (χ0) is 32.9. The van der Waals surface area contributed by atoms with Gasteiger partial charge in [0.1, 0.15) is 0 Å². The third-order valence-electron chi connectivity index (χ3n) is 11.7. The van der Waals surface area contributed by atoms with Crippen LogP contribution in [0.4, 0.5) is 0 Å². The Bertz CT molecular complexity index is 1820. The number of halogens is 2. The molecule has 0 spiro atoms. The van der Waals surface area contributed by atoms with Crippen molar-refractivity contribution in [3.63, 3.8) is 0 Å². The summed E-state index contributed by atoms with van der Waals surface area (Å²) in [5.74, 6) is 0.528. The van der Waals surface area contributed by atoms with Gasteiger partial charge in [0.05, 0.1) is 0 Å². The summed E-state index contributed by atoms with van der Waals surface area (Å²) in [5, 5.41) is 0. The molecule has 1 saturated carbocycles. The number of allylic oxidation sites excluding steroid dienone is 4. The molecule has 1 fully saturated rings. The zero-order valence-electron chi connectivity index (χ0n) is 31.0. The number of fused-ring (bicyclic) bond motifs is 4. The Morgan fingerprint density at radius 1 is 0.571 bits per heavy atom. The first-order chi connectivity index (χ1) is 21.5. The molecule has 0 radical (unpaired) electrons. The van der Waals surface area contributed by atoms with E-state index < -0.39 is 0 Å². The fraction of sp³-hybridized carbons (Fsp3) is 0.391. The third kappa shape index (κ3) is 6.34. The standard InChI is InChI=1S/C46H52.2ClH.Zr/c1-42(2,3)32-21-23-35-37(25-32)38-26-33(43(4,5)6)22-24-36(38)41(35)46(31-19-15-12-16-20-31)29-45(10,30-17-13-11-14-18-30)39-27-34(28-40(39)46)44(7,8)9;;;/h11-28,40-41H,29H2,1-10H3;2*1H;/q;;;+2/p-2. The first-order valence-corrected chi connectivity index (χ1v) is 17.4. The van der Waals surface area contributed by atoms with E-state index in [-0.39, 0.29) is 84.0 Å². The first kappa shape index (κ1) is 39.6. The van der Waals surface area contributed by atoms with E-state index in [0.717, 1.165) is 6.42 Å². The van der Waals surface area contributed by atoms with Crippen molar-refractivity contribution in [2.45, 2.75) is 103 Å². The van der Waals surface area contributed by atoms with Crippen LogP contribution in [0.1, 0.15) is 115 Å². The van der Waals surface area contributed by atoms with Gasteiger partial charge in [0.25, 0.3) is 0 Å². The first-order valence-electron chi connectivity index (χ1n) is 17.4. The molecule has 0 aliphatic heterocycles. The van der Waals surface area contributed by atoms with Crippen molar-refractivity contribution in [2.24, 2.45) is 11.3 Å². The molecule has 7 rings (SSSR count). The summed E-state index contributed by atoms with van der Waals surface area (Å²) >= 11 is 0. The minimum Gasteiger partial charge on any atom is -1.00 e. The van der Waals surface area contributed by atoms with Gasteiger partial charge in [0, 0.05) is 22.7 Å². The Kier molecular flexibility index (Phi) is 10.8. The van der Waals surface area contributed by atoms with Gasteiger partial charge < -0.3 is 24.8 Å². The van der Waals surface area contributed by atoms with Gasteiger partial charge in [-0.25, -0.2) is 0 Å². The van der Waals surface area contributed by atoms with Crippen molar-refractivity contribution in [2.75, 3.05) is 0 Å². The van der Waals surface area contributed by atoms with E-state index in [9.17, 15) is 0 Å². The Hall–Kier alpha value is -2.18. The summed E-state index contributed by atoms with van der Waals surface area (Å²) in [6.07, 6.45) is 6.34. The van der Waals surface area contributed by atoms with Crippen LogP contribution in [0.2, 0.25) is 0 Å². The van der Waals surface area contributed by atoms with Crippen molar-refractivity contribution in [3.05, 3.63) is 154 Å². The second-order valence-electron chi connectivity index (χ2n) is 17.8. The summed E-state index contributed by atoms with van der Waals surface area (Å²) in [6, 6.07) is 37.9. The van der Waals surface area contributed by atoms with Gasteiger partial charge in [-0.2, -0.15) is 0 Å². The molecule has 4 aromatic carbocycles. The zero-order valence-corrected chi connectivity index (χ0v) is 35.0. The minimum absolute atomic E-state index is 0. The fourth-order valence-corrected chi connectivity index (χ4v) is 9.06. The SMILES string of the molecule is CC(C)(C)C1=CC2C(=C1)C(C)(c1ccccc1)CC2(c1ccccc1)C1c2ccc(C(C)(C)C)cc2-c2cc(C(C)(C)C)ccc21.[Cl-].[Cl-].[Zr+2]. The molecule has 3 atom stereocenters. The normalized spacial score (nSPS) is 22.9. The van der Waals surface area contributed by atoms with Gasteiger partial charge in [0.2, 0.25) is 0 Å². The van der Waals surface area contributed by atoms with Crippen molar-refractivity contribution >= 4 is 0 Å². The van der Waals surface area contributed by atoms with Crippen LogP contribution in [-0.2, 0) is 47.9 Å². The quantitative estimate of drug-likeness (QED) is 0.232. The number of hydrogen-bond acceptors (Lipinski definition) is 0. The number of rotatable bonds is 3. The van der Waals surface area contributed by atoms with E-state index in [1.165, 1.54) is 50.1 Å². The summed E-state index contributed by atoms with van der Waals surface area (Å²) < 4.78 is 0. The molecule has 0 N–H and O–H groups in total. The summed E-state index contributed by atoms with van der Waals surface area (Å²) in [4.78, 5) is 0. The smallest absolute Gasteiger partial charge is 1.00 e. The van der Waals surface area contributed by atoms with Crippen molar-refractivity contribution in [1.82, 2.24) is 0 Å². The largest absolute Gasteiger partial charge is 2.00 e. The van der Waals surface area contributed by atoms with Crippen LogP contribution >= 0.6 is 0 Å². The van der Waals surface area contributed by atoms with Crippen molar-refractivity contribution in [1.29, 1.82) is 0 Å². The summed E-state index contributed by atoms with van der Waals surface area (Å²) in [5.41, 5.74) is 14.6. The molecule has 49 heavy (non-hydrogen) atoms. The maximum absolute atomic E-state index is 2.68. The Morgan fingerprint density at radius 2 is 1.02 bits per heavy atom. The molecule has 254 valence electrons.